The van der Waals surface area contributed by atoms with E-state index in [1.807, 2.05) is 6.92 Å². The Hall–Kier alpha value is -1.48. The van der Waals surface area contributed by atoms with E-state index in [2.05, 4.69) is 17.6 Å². The summed E-state index contributed by atoms with van der Waals surface area (Å²) < 4.78 is 32.9. The second-order valence-electron chi connectivity index (χ2n) is 7.24. The summed E-state index contributed by atoms with van der Waals surface area (Å²) in [6.07, 6.45) is 1.46. The zero-order chi connectivity index (χ0) is 19.4. The first-order chi connectivity index (χ1) is 12.9. The lowest BCUT2D eigenvalue weighted by molar-refractivity contribution is 0.0730. The smallest absolute Gasteiger partial charge is 0.251 e. The monoisotopic (exact) mass is 395 g/mol. The van der Waals surface area contributed by atoms with Gasteiger partial charge in [0.05, 0.1) is 18.1 Å². The highest BCUT2D eigenvalue weighted by Gasteiger charge is 2.29. The highest BCUT2D eigenvalue weighted by atomic mass is 32.2. The lowest BCUT2D eigenvalue weighted by Crippen LogP contribution is -2.48. The number of hydrogen-bond donors (Lipinski definition) is 2. The number of ether oxygens (including phenoxy) is 1. The molecule has 0 aromatic heterocycles. The average Bonchev–Trinajstić information content (AvgIpc) is 2.69. The van der Waals surface area contributed by atoms with Crippen molar-refractivity contribution in [3.05, 3.63) is 29.3 Å². The van der Waals surface area contributed by atoms with Crippen molar-refractivity contribution in [1.29, 1.82) is 0 Å². The van der Waals surface area contributed by atoms with Crippen LogP contribution in [-0.2, 0) is 21.2 Å². The molecule has 0 bridgehead atoms. The standard InChI is InChI=1S/C19H29N3O4S/c1-3-15-4-5-16(19(23)21-17-6-7-20-13-14(17)2)12-18(15)27(24,25)22-8-10-26-11-9-22/h4-5,12,14,17,20H,3,6-11,13H2,1-2H3,(H,21,23). The molecule has 2 aliphatic heterocycles. The van der Waals surface area contributed by atoms with E-state index in [4.69, 9.17) is 4.74 Å². The fourth-order valence-electron chi connectivity index (χ4n) is 3.63. The third-order valence-corrected chi connectivity index (χ3v) is 7.38. The van der Waals surface area contributed by atoms with Gasteiger partial charge in [0.25, 0.3) is 5.91 Å². The van der Waals surface area contributed by atoms with Crippen LogP contribution >= 0.6 is 0 Å². The van der Waals surface area contributed by atoms with Gasteiger partial charge >= 0.3 is 0 Å². The lowest BCUT2D eigenvalue weighted by atomic mass is 9.95. The molecule has 27 heavy (non-hydrogen) atoms. The second-order valence-corrected chi connectivity index (χ2v) is 9.15. The number of hydrogen-bond acceptors (Lipinski definition) is 5. The van der Waals surface area contributed by atoms with Crippen LogP contribution in [0.15, 0.2) is 23.1 Å². The maximum absolute atomic E-state index is 13.1. The van der Waals surface area contributed by atoms with Gasteiger partial charge in [0, 0.05) is 24.7 Å². The van der Waals surface area contributed by atoms with Gasteiger partial charge in [-0.05, 0) is 49.5 Å². The van der Waals surface area contributed by atoms with Crippen LogP contribution in [-0.4, -0.2) is 64.1 Å². The first kappa shape index (κ1) is 20.3. The van der Waals surface area contributed by atoms with E-state index in [0.717, 1.165) is 25.1 Å². The highest BCUT2D eigenvalue weighted by molar-refractivity contribution is 7.89. The Morgan fingerprint density at radius 3 is 2.74 bits per heavy atom. The van der Waals surface area contributed by atoms with Crippen molar-refractivity contribution in [3.8, 4) is 0 Å². The van der Waals surface area contributed by atoms with Gasteiger partial charge in [0.15, 0.2) is 0 Å². The van der Waals surface area contributed by atoms with Crippen LogP contribution in [0.2, 0.25) is 0 Å². The second kappa shape index (κ2) is 8.68. The SMILES string of the molecule is CCc1ccc(C(=O)NC2CCNCC2C)cc1S(=O)(=O)N1CCOCC1. The van der Waals surface area contributed by atoms with Gasteiger partial charge < -0.3 is 15.4 Å². The van der Waals surface area contributed by atoms with E-state index < -0.39 is 10.0 Å². The van der Waals surface area contributed by atoms with Crippen LogP contribution in [0.3, 0.4) is 0 Å². The molecule has 2 heterocycles. The molecular formula is C19H29N3O4S. The molecule has 2 N–H and O–H groups in total. The van der Waals surface area contributed by atoms with Crippen LogP contribution in [0.5, 0.6) is 0 Å². The Morgan fingerprint density at radius 2 is 2.07 bits per heavy atom. The Labute approximate surface area is 161 Å². The van der Waals surface area contributed by atoms with Gasteiger partial charge in [-0.15, -0.1) is 0 Å². The molecular weight excluding hydrogens is 366 g/mol. The van der Waals surface area contributed by atoms with Gasteiger partial charge in [-0.3, -0.25) is 4.79 Å². The summed E-state index contributed by atoms with van der Waals surface area (Å²) >= 11 is 0. The Morgan fingerprint density at radius 1 is 1.33 bits per heavy atom. The summed E-state index contributed by atoms with van der Waals surface area (Å²) in [5.41, 5.74) is 1.12. The van der Waals surface area contributed by atoms with Gasteiger partial charge in [-0.1, -0.05) is 19.9 Å². The molecule has 2 aliphatic rings. The van der Waals surface area contributed by atoms with Crippen molar-refractivity contribution in [1.82, 2.24) is 14.9 Å². The van der Waals surface area contributed by atoms with E-state index in [1.54, 1.807) is 12.1 Å². The summed E-state index contributed by atoms with van der Waals surface area (Å²) in [4.78, 5) is 13.0. The summed E-state index contributed by atoms with van der Waals surface area (Å²) in [6, 6.07) is 5.11. The van der Waals surface area contributed by atoms with Crippen LogP contribution in [0, 0.1) is 5.92 Å². The molecule has 2 unspecified atom stereocenters. The minimum absolute atomic E-state index is 0.101. The molecule has 7 nitrogen and oxygen atoms in total. The predicted octanol–water partition coefficient (Wildman–Crippen LogP) is 0.998. The first-order valence-corrected chi connectivity index (χ1v) is 11.1. The summed E-state index contributed by atoms with van der Waals surface area (Å²) in [7, 11) is -3.64. The number of rotatable bonds is 5. The molecule has 3 rings (SSSR count). The minimum Gasteiger partial charge on any atom is -0.379 e. The zero-order valence-electron chi connectivity index (χ0n) is 16.0. The minimum atomic E-state index is -3.64. The van der Waals surface area contributed by atoms with Crippen molar-refractivity contribution in [3.63, 3.8) is 0 Å². The van der Waals surface area contributed by atoms with Crippen LogP contribution in [0.25, 0.3) is 0 Å². The van der Waals surface area contributed by atoms with Crippen molar-refractivity contribution in [2.75, 3.05) is 39.4 Å². The molecule has 150 valence electrons. The first-order valence-electron chi connectivity index (χ1n) is 9.66. The Balaban J connectivity index is 1.85. The van der Waals surface area contributed by atoms with E-state index in [-0.39, 0.29) is 16.8 Å². The number of nitrogens with zero attached hydrogens (tertiary/aromatic N) is 1. The topological polar surface area (TPSA) is 87.7 Å². The number of sulfonamides is 1. The number of piperidine rings is 1. The molecule has 0 aliphatic carbocycles. The fraction of sp³-hybridized carbons (Fsp3) is 0.632. The van der Waals surface area contributed by atoms with Crippen LogP contribution in [0.4, 0.5) is 0 Å². The van der Waals surface area contributed by atoms with Gasteiger partial charge in [0.2, 0.25) is 10.0 Å². The van der Waals surface area contributed by atoms with E-state index >= 15 is 0 Å². The number of nitrogens with one attached hydrogen (secondary N) is 2. The quantitative estimate of drug-likeness (QED) is 0.777. The zero-order valence-corrected chi connectivity index (χ0v) is 16.8. The molecule has 2 fully saturated rings. The maximum Gasteiger partial charge on any atom is 0.251 e. The van der Waals surface area contributed by atoms with E-state index in [0.29, 0.717) is 44.2 Å². The van der Waals surface area contributed by atoms with Crippen LogP contribution < -0.4 is 10.6 Å². The summed E-state index contributed by atoms with van der Waals surface area (Å²) in [5.74, 6) is 0.129. The third kappa shape index (κ3) is 4.51. The van der Waals surface area contributed by atoms with E-state index in [9.17, 15) is 13.2 Å². The lowest BCUT2D eigenvalue weighted by Gasteiger charge is -2.30. The molecule has 1 amide bonds. The van der Waals surface area contributed by atoms with Gasteiger partial charge in [0.1, 0.15) is 0 Å². The summed E-state index contributed by atoms with van der Waals surface area (Å²) in [5, 5.41) is 6.38. The number of amides is 1. The number of benzene rings is 1. The normalized spacial score (nSPS) is 24.5. The summed E-state index contributed by atoms with van der Waals surface area (Å²) in [6.45, 7) is 7.25. The fourth-order valence-corrected chi connectivity index (χ4v) is 5.36. The van der Waals surface area contributed by atoms with E-state index in [1.165, 1.54) is 10.4 Å². The molecule has 1 aromatic carbocycles. The molecule has 0 radical (unpaired) electrons. The molecule has 8 heteroatoms. The van der Waals surface area contributed by atoms with Crippen molar-refractivity contribution in [2.24, 2.45) is 5.92 Å². The number of morpholine rings is 1. The number of carbonyl (C=O) groups excluding carboxylic acids is 1. The highest BCUT2D eigenvalue weighted by Crippen LogP contribution is 2.24. The third-order valence-electron chi connectivity index (χ3n) is 5.40. The van der Waals surface area contributed by atoms with Crippen molar-refractivity contribution in [2.45, 2.75) is 37.6 Å². The van der Waals surface area contributed by atoms with Crippen molar-refractivity contribution < 1.29 is 17.9 Å². The number of carbonyl (C=O) groups is 1. The van der Waals surface area contributed by atoms with Gasteiger partial charge in [-0.2, -0.15) is 4.31 Å². The Kier molecular flexibility index (Phi) is 6.52. The average molecular weight is 396 g/mol. The number of aryl methyl sites for hydroxylation is 1. The van der Waals surface area contributed by atoms with Gasteiger partial charge in [-0.25, -0.2) is 8.42 Å². The van der Waals surface area contributed by atoms with Crippen LogP contribution in [0.1, 0.15) is 36.2 Å². The Bertz CT molecular complexity index is 775. The molecule has 2 atom stereocenters. The van der Waals surface area contributed by atoms with Crippen molar-refractivity contribution >= 4 is 15.9 Å². The molecule has 1 aromatic rings. The predicted molar refractivity (Wildman–Crippen MR) is 103 cm³/mol. The molecule has 2 saturated heterocycles. The molecule has 0 spiro atoms. The molecule has 0 saturated carbocycles. The maximum atomic E-state index is 13.1. The largest absolute Gasteiger partial charge is 0.379 e.